The maximum atomic E-state index is 10.4. The summed E-state index contributed by atoms with van der Waals surface area (Å²) in [6.45, 7) is 1.33. The van der Waals surface area contributed by atoms with Gasteiger partial charge in [0, 0.05) is 26.3 Å². The van der Waals surface area contributed by atoms with Gasteiger partial charge in [0.05, 0.1) is 11.3 Å². The number of nitrogens with one attached hydrogen (secondary N) is 1. The molecule has 0 amide bonds. The Hall–Kier alpha value is -0.940. The van der Waals surface area contributed by atoms with Gasteiger partial charge in [0.15, 0.2) is 0 Å². The van der Waals surface area contributed by atoms with E-state index in [0.29, 0.717) is 13.1 Å². The van der Waals surface area contributed by atoms with E-state index in [1.54, 1.807) is 4.68 Å². The van der Waals surface area contributed by atoms with Gasteiger partial charge in [-0.15, -0.1) is 5.10 Å². The zero-order chi connectivity index (χ0) is 12.1. The van der Waals surface area contributed by atoms with E-state index in [2.05, 4.69) is 15.6 Å². The van der Waals surface area contributed by atoms with Crippen LogP contribution in [0.15, 0.2) is 6.20 Å². The largest absolute Gasteiger partial charge is 0.389 e. The van der Waals surface area contributed by atoms with E-state index in [1.807, 2.05) is 13.2 Å². The highest BCUT2D eigenvalue weighted by Crippen LogP contribution is 2.26. The molecule has 1 saturated carbocycles. The average molecular weight is 238 g/mol. The summed E-state index contributed by atoms with van der Waals surface area (Å²) in [5.41, 5.74) is 0.406. The highest BCUT2D eigenvalue weighted by molar-refractivity contribution is 4.92. The van der Waals surface area contributed by atoms with Gasteiger partial charge in [-0.05, 0) is 12.8 Å². The van der Waals surface area contributed by atoms with E-state index in [1.165, 1.54) is 12.8 Å². The second-order valence-electron chi connectivity index (χ2n) is 5.13. The maximum absolute atomic E-state index is 10.4. The topological polar surface area (TPSA) is 63.0 Å². The summed E-state index contributed by atoms with van der Waals surface area (Å²) in [7, 11) is 1.86. The normalized spacial score (nSPS) is 20.1. The molecule has 0 radical (unpaired) electrons. The van der Waals surface area contributed by atoms with Gasteiger partial charge in [0.25, 0.3) is 0 Å². The van der Waals surface area contributed by atoms with Crippen molar-refractivity contribution in [2.75, 3.05) is 6.54 Å². The van der Waals surface area contributed by atoms with Crippen LogP contribution in [-0.2, 0) is 13.6 Å². The Bertz CT molecular complexity index is 342. The van der Waals surface area contributed by atoms with Crippen LogP contribution in [0.3, 0.4) is 0 Å². The number of nitrogens with zero attached hydrogens (tertiary/aromatic N) is 3. The third kappa shape index (κ3) is 3.78. The second-order valence-corrected chi connectivity index (χ2v) is 5.13. The first-order chi connectivity index (χ1) is 8.18. The quantitative estimate of drug-likeness (QED) is 0.768. The van der Waals surface area contributed by atoms with Gasteiger partial charge in [-0.2, -0.15) is 0 Å². The Labute approximate surface area is 102 Å². The number of hydrogen-bond donors (Lipinski definition) is 2. The van der Waals surface area contributed by atoms with Crippen LogP contribution in [0.1, 0.15) is 44.2 Å². The van der Waals surface area contributed by atoms with Crippen molar-refractivity contribution >= 4 is 0 Å². The van der Waals surface area contributed by atoms with Gasteiger partial charge in [-0.3, -0.25) is 4.68 Å². The number of hydrogen-bond acceptors (Lipinski definition) is 4. The molecule has 1 aliphatic carbocycles. The zero-order valence-corrected chi connectivity index (χ0v) is 10.5. The minimum atomic E-state index is -0.515. The highest BCUT2D eigenvalue weighted by Gasteiger charge is 2.27. The van der Waals surface area contributed by atoms with Crippen molar-refractivity contribution in [1.82, 2.24) is 20.3 Å². The maximum Gasteiger partial charge on any atom is 0.0964 e. The van der Waals surface area contributed by atoms with E-state index < -0.39 is 5.60 Å². The molecule has 5 heteroatoms. The van der Waals surface area contributed by atoms with Crippen LogP contribution in [0.4, 0.5) is 0 Å². The Morgan fingerprint density at radius 1 is 1.35 bits per heavy atom. The molecule has 1 fully saturated rings. The van der Waals surface area contributed by atoms with Gasteiger partial charge in [0.1, 0.15) is 0 Å². The number of rotatable bonds is 4. The zero-order valence-electron chi connectivity index (χ0n) is 10.5. The minimum Gasteiger partial charge on any atom is -0.389 e. The van der Waals surface area contributed by atoms with E-state index >= 15 is 0 Å². The van der Waals surface area contributed by atoms with E-state index in [0.717, 1.165) is 31.4 Å². The standard InChI is InChI=1S/C12H22N4O/c1-16-9-11(14-15-16)8-13-10-12(17)6-4-2-3-5-7-12/h9,13,17H,2-8,10H2,1H3. The summed E-state index contributed by atoms with van der Waals surface area (Å²) in [4.78, 5) is 0. The fourth-order valence-corrected chi connectivity index (χ4v) is 2.46. The average Bonchev–Trinajstić information content (AvgIpc) is 2.58. The smallest absolute Gasteiger partial charge is 0.0964 e. The van der Waals surface area contributed by atoms with Crippen molar-refractivity contribution in [2.24, 2.45) is 7.05 Å². The van der Waals surface area contributed by atoms with Crippen LogP contribution in [-0.4, -0.2) is 32.2 Å². The SMILES string of the molecule is Cn1cc(CNCC2(O)CCCCCC2)nn1. The first-order valence-corrected chi connectivity index (χ1v) is 6.46. The highest BCUT2D eigenvalue weighted by atomic mass is 16.3. The summed E-state index contributed by atoms with van der Waals surface area (Å²) < 4.78 is 1.69. The van der Waals surface area contributed by atoms with Crippen molar-refractivity contribution < 1.29 is 5.11 Å². The number of aromatic nitrogens is 3. The molecular formula is C12H22N4O. The van der Waals surface area contributed by atoms with E-state index in [9.17, 15) is 5.11 Å². The third-order valence-corrected chi connectivity index (χ3v) is 3.44. The van der Waals surface area contributed by atoms with Gasteiger partial charge in [-0.25, -0.2) is 0 Å². The summed E-state index contributed by atoms with van der Waals surface area (Å²) >= 11 is 0. The van der Waals surface area contributed by atoms with Gasteiger partial charge in [0.2, 0.25) is 0 Å². The molecule has 0 spiro atoms. The Kier molecular flexibility index (Phi) is 4.12. The molecule has 2 rings (SSSR count). The van der Waals surface area contributed by atoms with Crippen LogP contribution < -0.4 is 5.32 Å². The fourth-order valence-electron chi connectivity index (χ4n) is 2.46. The van der Waals surface area contributed by atoms with Crippen molar-refractivity contribution in [3.8, 4) is 0 Å². The molecule has 0 unspecified atom stereocenters. The summed E-state index contributed by atoms with van der Waals surface area (Å²) in [6, 6.07) is 0. The molecule has 0 saturated heterocycles. The molecule has 1 aromatic rings. The predicted molar refractivity (Wildman–Crippen MR) is 65.4 cm³/mol. The molecule has 0 aromatic carbocycles. The van der Waals surface area contributed by atoms with Crippen molar-refractivity contribution in [3.63, 3.8) is 0 Å². The van der Waals surface area contributed by atoms with E-state index in [4.69, 9.17) is 0 Å². The predicted octanol–water partition coefficient (Wildman–Crippen LogP) is 0.990. The first kappa shape index (κ1) is 12.5. The second kappa shape index (κ2) is 5.60. The monoisotopic (exact) mass is 238 g/mol. The van der Waals surface area contributed by atoms with Crippen LogP contribution in [0.5, 0.6) is 0 Å². The number of aliphatic hydroxyl groups is 1. The molecule has 1 aliphatic rings. The summed E-state index contributed by atoms with van der Waals surface area (Å²) in [5.74, 6) is 0. The lowest BCUT2D eigenvalue weighted by atomic mass is 9.94. The molecule has 0 atom stereocenters. The van der Waals surface area contributed by atoms with E-state index in [-0.39, 0.29) is 0 Å². The summed E-state index contributed by atoms with van der Waals surface area (Å²) in [6.07, 6.45) is 8.52. The Morgan fingerprint density at radius 2 is 2.06 bits per heavy atom. The van der Waals surface area contributed by atoms with Gasteiger partial charge in [-0.1, -0.05) is 30.9 Å². The van der Waals surface area contributed by atoms with Crippen LogP contribution in [0.2, 0.25) is 0 Å². The van der Waals surface area contributed by atoms with Crippen LogP contribution in [0, 0.1) is 0 Å². The molecular weight excluding hydrogens is 216 g/mol. The lowest BCUT2D eigenvalue weighted by Gasteiger charge is -2.26. The third-order valence-electron chi connectivity index (χ3n) is 3.44. The Balaban J connectivity index is 1.76. The molecule has 96 valence electrons. The van der Waals surface area contributed by atoms with Crippen LogP contribution >= 0.6 is 0 Å². The summed E-state index contributed by atoms with van der Waals surface area (Å²) in [5, 5.41) is 21.6. The number of aryl methyl sites for hydroxylation is 1. The van der Waals surface area contributed by atoms with Gasteiger partial charge >= 0.3 is 0 Å². The van der Waals surface area contributed by atoms with Gasteiger partial charge < -0.3 is 10.4 Å². The minimum absolute atomic E-state index is 0.515. The first-order valence-electron chi connectivity index (χ1n) is 6.46. The van der Waals surface area contributed by atoms with Crippen LogP contribution in [0.25, 0.3) is 0 Å². The lowest BCUT2D eigenvalue weighted by Crippen LogP contribution is -2.39. The van der Waals surface area contributed by atoms with Crippen molar-refractivity contribution in [3.05, 3.63) is 11.9 Å². The Morgan fingerprint density at radius 3 is 2.65 bits per heavy atom. The molecule has 1 aromatic heterocycles. The molecule has 2 N–H and O–H groups in total. The molecule has 0 aliphatic heterocycles. The lowest BCUT2D eigenvalue weighted by molar-refractivity contribution is 0.0250. The molecule has 5 nitrogen and oxygen atoms in total. The van der Waals surface area contributed by atoms with Crippen molar-refractivity contribution in [1.29, 1.82) is 0 Å². The van der Waals surface area contributed by atoms with Crippen molar-refractivity contribution in [2.45, 2.75) is 50.7 Å². The molecule has 1 heterocycles. The molecule has 0 bridgehead atoms. The molecule has 17 heavy (non-hydrogen) atoms. The fraction of sp³-hybridized carbons (Fsp3) is 0.833.